The van der Waals surface area contributed by atoms with Gasteiger partial charge in [-0.25, -0.2) is 4.72 Å². The minimum atomic E-state index is -3.28. The molecular formula is C10H23N3O2S. The Hall–Kier alpha value is -0.170. The molecule has 0 amide bonds. The Morgan fingerprint density at radius 3 is 2.62 bits per heavy atom. The van der Waals surface area contributed by atoms with Crippen molar-refractivity contribution in [2.45, 2.75) is 39.2 Å². The van der Waals surface area contributed by atoms with Crippen molar-refractivity contribution >= 4 is 10.2 Å². The predicted octanol–water partition coefficient (Wildman–Crippen LogP) is 0.305. The zero-order valence-electron chi connectivity index (χ0n) is 10.2. The van der Waals surface area contributed by atoms with Crippen LogP contribution in [-0.4, -0.2) is 44.9 Å². The second kappa shape index (κ2) is 6.54. The number of rotatable bonds is 6. The molecule has 0 spiro atoms. The number of nitrogens with zero attached hydrogens (tertiary/aromatic N) is 1. The summed E-state index contributed by atoms with van der Waals surface area (Å²) < 4.78 is 27.7. The summed E-state index contributed by atoms with van der Waals surface area (Å²) >= 11 is 0. The quantitative estimate of drug-likeness (QED) is 0.712. The molecule has 6 heteroatoms. The largest absolute Gasteiger partial charge is 0.313 e. The van der Waals surface area contributed by atoms with Crippen LogP contribution in [0.25, 0.3) is 0 Å². The molecule has 0 radical (unpaired) electrons. The lowest BCUT2D eigenvalue weighted by Gasteiger charge is -2.29. The van der Waals surface area contributed by atoms with Crippen molar-refractivity contribution in [3.63, 3.8) is 0 Å². The first-order valence-corrected chi connectivity index (χ1v) is 7.52. The van der Waals surface area contributed by atoms with Gasteiger partial charge in [-0.05, 0) is 19.4 Å². The molecular weight excluding hydrogens is 226 g/mol. The van der Waals surface area contributed by atoms with E-state index in [2.05, 4.69) is 10.0 Å². The second-order valence-electron chi connectivity index (χ2n) is 4.10. The van der Waals surface area contributed by atoms with Crippen molar-refractivity contribution in [3.05, 3.63) is 0 Å². The van der Waals surface area contributed by atoms with Crippen molar-refractivity contribution in [2.75, 3.05) is 26.2 Å². The van der Waals surface area contributed by atoms with Gasteiger partial charge in [0.15, 0.2) is 0 Å². The third-order valence-electron chi connectivity index (χ3n) is 2.86. The fourth-order valence-electron chi connectivity index (χ4n) is 2.00. The molecule has 0 saturated carbocycles. The Labute approximate surface area is 98.8 Å². The number of nitrogens with one attached hydrogen (secondary N) is 2. The number of piperidine rings is 1. The van der Waals surface area contributed by atoms with Crippen molar-refractivity contribution in [1.29, 1.82) is 0 Å². The van der Waals surface area contributed by atoms with Crippen molar-refractivity contribution in [2.24, 2.45) is 0 Å². The van der Waals surface area contributed by atoms with E-state index < -0.39 is 10.2 Å². The number of hydrogen-bond acceptors (Lipinski definition) is 3. The minimum absolute atomic E-state index is 0.308. The Kier molecular flexibility index (Phi) is 5.68. The molecule has 0 aromatic heterocycles. The average molecular weight is 249 g/mol. The summed E-state index contributed by atoms with van der Waals surface area (Å²) in [6, 6.07) is 0.308. The summed E-state index contributed by atoms with van der Waals surface area (Å²) in [5.74, 6) is 0. The molecule has 1 atom stereocenters. The molecule has 0 aliphatic carbocycles. The highest BCUT2D eigenvalue weighted by atomic mass is 32.2. The Bertz CT molecular complexity index is 286. The number of hydrogen-bond donors (Lipinski definition) is 2. The van der Waals surface area contributed by atoms with Crippen LogP contribution in [0.3, 0.4) is 0 Å². The van der Waals surface area contributed by atoms with Crippen molar-refractivity contribution < 1.29 is 8.42 Å². The van der Waals surface area contributed by atoms with E-state index in [0.717, 1.165) is 13.0 Å². The molecule has 1 fully saturated rings. The summed E-state index contributed by atoms with van der Waals surface area (Å²) in [6.07, 6.45) is 3.46. The molecule has 0 aromatic rings. The third-order valence-corrected chi connectivity index (χ3v) is 4.60. The SMILES string of the molecule is CCNS(=O)(=O)N(CC)CC1CCCCN1. The van der Waals surface area contributed by atoms with Crippen LogP contribution in [0.1, 0.15) is 33.1 Å². The van der Waals surface area contributed by atoms with Crippen LogP contribution in [0.4, 0.5) is 0 Å². The third kappa shape index (κ3) is 4.01. The van der Waals surface area contributed by atoms with Gasteiger partial charge in [0.25, 0.3) is 10.2 Å². The van der Waals surface area contributed by atoms with E-state index >= 15 is 0 Å². The van der Waals surface area contributed by atoms with E-state index in [4.69, 9.17) is 0 Å². The Balaban J connectivity index is 2.53. The maximum absolute atomic E-state index is 11.8. The zero-order chi connectivity index (χ0) is 12.0. The first-order valence-electron chi connectivity index (χ1n) is 6.08. The van der Waals surface area contributed by atoms with Crippen LogP contribution in [0.2, 0.25) is 0 Å². The van der Waals surface area contributed by atoms with Crippen LogP contribution >= 0.6 is 0 Å². The predicted molar refractivity (Wildman–Crippen MR) is 65.5 cm³/mol. The van der Waals surface area contributed by atoms with Crippen molar-refractivity contribution in [1.82, 2.24) is 14.3 Å². The maximum Gasteiger partial charge on any atom is 0.279 e. The van der Waals surface area contributed by atoms with Gasteiger partial charge < -0.3 is 5.32 Å². The fourth-order valence-corrected chi connectivity index (χ4v) is 3.26. The summed E-state index contributed by atoms with van der Waals surface area (Å²) in [6.45, 7) is 6.21. The standard InChI is InChI=1S/C10H23N3O2S/c1-3-12-16(14,15)13(4-2)9-10-7-5-6-8-11-10/h10-12H,3-9H2,1-2H3. The van der Waals surface area contributed by atoms with Crippen LogP contribution in [0, 0.1) is 0 Å². The van der Waals surface area contributed by atoms with Gasteiger partial charge in [-0.15, -0.1) is 0 Å². The molecule has 16 heavy (non-hydrogen) atoms. The van der Waals surface area contributed by atoms with E-state index in [-0.39, 0.29) is 0 Å². The Morgan fingerprint density at radius 1 is 1.38 bits per heavy atom. The average Bonchev–Trinajstić information content (AvgIpc) is 2.27. The molecule has 1 rings (SSSR count). The van der Waals surface area contributed by atoms with E-state index in [1.807, 2.05) is 6.92 Å². The summed E-state index contributed by atoms with van der Waals surface area (Å²) in [7, 11) is -3.28. The highest BCUT2D eigenvalue weighted by Gasteiger charge is 2.23. The van der Waals surface area contributed by atoms with E-state index in [1.54, 1.807) is 6.92 Å². The van der Waals surface area contributed by atoms with Gasteiger partial charge in [-0.2, -0.15) is 12.7 Å². The molecule has 1 heterocycles. The molecule has 1 saturated heterocycles. The smallest absolute Gasteiger partial charge is 0.279 e. The lowest BCUT2D eigenvalue weighted by Crippen LogP contribution is -2.49. The first-order chi connectivity index (χ1) is 7.60. The molecule has 1 aliphatic heterocycles. The van der Waals surface area contributed by atoms with Gasteiger partial charge >= 0.3 is 0 Å². The van der Waals surface area contributed by atoms with Gasteiger partial charge in [0.05, 0.1) is 0 Å². The molecule has 5 nitrogen and oxygen atoms in total. The monoisotopic (exact) mass is 249 g/mol. The van der Waals surface area contributed by atoms with E-state index in [0.29, 0.717) is 25.7 Å². The summed E-state index contributed by atoms with van der Waals surface area (Å²) in [5, 5.41) is 3.36. The molecule has 1 unspecified atom stereocenters. The van der Waals surface area contributed by atoms with Crippen LogP contribution in [0.5, 0.6) is 0 Å². The van der Waals surface area contributed by atoms with E-state index in [9.17, 15) is 8.42 Å². The maximum atomic E-state index is 11.8. The van der Waals surface area contributed by atoms with Gasteiger partial charge in [0.1, 0.15) is 0 Å². The van der Waals surface area contributed by atoms with Crippen LogP contribution in [0.15, 0.2) is 0 Å². The van der Waals surface area contributed by atoms with Crippen LogP contribution in [-0.2, 0) is 10.2 Å². The topological polar surface area (TPSA) is 61.4 Å². The molecule has 0 bridgehead atoms. The highest BCUT2D eigenvalue weighted by molar-refractivity contribution is 7.87. The fraction of sp³-hybridized carbons (Fsp3) is 1.00. The highest BCUT2D eigenvalue weighted by Crippen LogP contribution is 2.10. The first kappa shape index (κ1) is 13.9. The molecule has 1 aliphatic rings. The molecule has 0 aromatic carbocycles. The van der Waals surface area contributed by atoms with Crippen LogP contribution < -0.4 is 10.0 Å². The number of likely N-dealkylation sites (N-methyl/N-ethyl adjacent to an activating group) is 1. The summed E-state index contributed by atoms with van der Waals surface area (Å²) in [5.41, 5.74) is 0. The van der Waals surface area contributed by atoms with Gasteiger partial charge in [-0.3, -0.25) is 0 Å². The zero-order valence-corrected chi connectivity index (χ0v) is 11.0. The Morgan fingerprint density at radius 2 is 2.12 bits per heavy atom. The normalized spacial score (nSPS) is 22.6. The van der Waals surface area contributed by atoms with Crippen molar-refractivity contribution in [3.8, 4) is 0 Å². The van der Waals surface area contributed by atoms with E-state index in [1.165, 1.54) is 17.1 Å². The molecule has 2 N–H and O–H groups in total. The lowest BCUT2D eigenvalue weighted by atomic mass is 10.1. The summed E-state index contributed by atoms with van der Waals surface area (Å²) in [4.78, 5) is 0. The van der Waals surface area contributed by atoms with Gasteiger partial charge in [-0.1, -0.05) is 20.3 Å². The van der Waals surface area contributed by atoms with Gasteiger partial charge in [0, 0.05) is 25.7 Å². The molecule has 96 valence electrons. The minimum Gasteiger partial charge on any atom is -0.313 e. The lowest BCUT2D eigenvalue weighted by molar-refractivity contribution is 0.317. The second-order valence-corrected chi connectivity index (χ2v) is 5.86. The van der Waals surface area contributed by atoms with Gasteiger partial charge in [0.2, 0.25) is 0 Å².